The highest BCUT2D eigenvalue weighted by Gasteiger charge is 2.07. The number of nitrogens with zero attached hydrogens (tertiary/aromatic N) is 1. The van der Waals surface area contributed by atoms with E-state index in [0.29, 0.717) is 12.2 Å². The molecule has 130 valence electrons. The molecule has 0 aromatic heterocycles. The average molecular weight is 456 g/mol. The molecule has 0 heterocycles. The molecule has 0 aliphatic rings. The van der Waals surface area contributed by atoms with Gasteiger partial charge in [-0.25, -0.2) is 5.43 Å². The van der Waals surface area contributed by atoms with E-state index in [0.717, 1.165) is 20.4 Å². The van der Waals surface area contributed by atoms with Crippen molar-refractivity contribution in [1.29, 1.82) is 0 Å². The first kappa shape index (κ1) is 18.1. The Bertz CT molecular complexity index is 911. The van der Waals surface area contributed by atoms with Crippen LogP contribution >= 0.6 is 22.6 Å². The molecule has 0 saturated heterocycles. The molecule has 26 heavy (non-hydrogen) atoms. The van der Waals surface area contributed by atoms with Gasteiger partial charge in [0.1, 0.15) is 12.4 Å². The number of carbonyl (C=O) groups is 1. The maximum atomic E-state index is 12.1. The third kappa shape index (κ3) is 5.16. The average Bonchev–Trinajstić information content (AvgIpc) is 2.68. The zero-order valence-electron chi connectivity index (χ0n) is 13.9. The molecule has 0 bridgehead atoms. The van der Waals surface area contributed by atoms with Crippen molar-refractivity contribution in [3.8, 4) is 5.75 Å². The number of hydrogen-bond acceptors (Lipinski definition) is 3. The van der Waals surface area contributed by atoms with E-state index in [1.54, 1.807) is 12.3 Å². The fourth-order valence-electron chi connectivity index (χ4n) is 2.30. The summed E-state index contributed by atoms with van der Waals surface area (Å²) in [5.74, 6) is 0.518. The van der Waals surface area contributed by atoms with Crippen molar-refractivity contribution >= 4 is 34.7 Å². The zero-order valence-corrected chi connectivity index (χ0v) is 16.1. The number of ether oxygens (including phenoxy) is 1. The van der Waals surface area contributed by atoms with Gasteiger partial charge in [-0.1, -0.05) is 54.6 Å². The van der Waals surface area contributed by atoms with Crippen LogP contribution in [-0.2, 0) is 6.61 Å². The lowest BCUT2D eigenvalue weighted by molar-refractivity contribution is 0.0954. The van der Waals surface area contributed by atoms with Crippen molar-refractivity contribution in [2.24, 2.45) is 5.10 Å². The quantitative estimate of drug-likeness (QED) is 0.334. The summed E-state index contributed by atoms with van der Waals surface area (Å²) in [5, 5.41) is 4.03. The Morgan fingerprint density at radius 2 is 1.77 bits per heavy atom. The summed E-state index contributed by atoms with van der Waals surface area (Å²) in [7, 11) is 0. The van der Waals surface area contributed by atoms with Crippen LogP contribution in [0.3, 0.4) is 0 Å². The molecule has 3 aromatic rings. The van der Waals surface area contributed by atoms with E-state index in [-0.39, 0.29) is 5.91 Å². The van der Waals surface area contributed by atoms with E-state index in [4.69, 9.17) is 4.74 Å². The van der Waals surface area contributed by atoms with Gasteiger partial charge >= 0.3 is 0 Å². The lowest BCUT2D eigenvalue weighted by Gasteiger charge is -2.07. The van der Waals surface area contributed by atoms with Crippen LogP contribution in [0.2, 0.25) is 0 Å². The summed E-state index contributed by atoms with van der Waals surface area (Å²) < 4.78 is 6.68. The minimum absolute atomic E-state index is 0.234. The summed E-state index contributed by atoms with van der Waals surface area (Å²) >= 11 is 2.13. The van der Waals surface area contributed by atoms with Gasteiger partial charge in [-0.15, -0.1) is 0 Å². The van der Waals surface area contributed by atoms with Gasteiger partial charge in [-0.2, -0.15) is 5.10 Å². The predicted molar refractivity (Wildman–Crippen MR) is 111 cm³/mol. The molecule has 0 spiro atoms. The van der Waals surface area contributed by atoms with Gasteiger partial charge in [-0.3, -0.25) is 4.79 Å². The van der Waals surface area contributed by atoms with Crippen LogP contribution in [0.15, 0.2) is 84.0 Å². The summed E-state index contributed by atoms with van der Waals surface area (Å²) in [5.41, 5.74) is 5.11. The minimum Gasteiger partial charge on any atom is -0.489 e. The highest BCUT2D eigenvalue weighted by Crippen LogP contribution is 2.14. The Balaban J connectivity index is 1.59. The number of hydrogen-bond donors (Lipinski definition) is 1. The standard InChI is InChI=1S/C21H17IN2O2/c22-20-12-5-4-11-19(20)21(25)24-23-14-17-9-6-10-18(13-17)26-15-16-7-2-1-3-8-16/h1-14H,15H2,(H,24,25)/b23-14-. The van der Waals surface area contributed by atoms with Crippen LogP contribution in [0.1, 0.15) is 21.5 Å². The van der Waals surface area contributed by atoms with E-state index in [1.165, 1.54) is 0 Å². The number of hydrazone groups is 1. The summed E-state index contributed by atoms with van der Waals surface area (Å²) in [6, 6.07) is 24.9. The molecular formula is C21H17IN2O2. The highest BCUT2D eigenvalue weighted by molar-refractivity contribution is 14.1. The molecule has 0 saturated carbocycles. The van der Waals surface area contributed by atoms with E-state index in [1.807, 2.05) is 72.8 Å². The molecule has 1 N–H and O–H groups in total. The van der Waals surface area contributed by atoms with Gasteiger partial charge in [0.15, 0.2) is 0 Å². The van der Waals surface area contributed by atoms with Crippen molar-refractivity contribution in [3.63, 3.8) is 0 Å². The molecule has 4 nitrogen and oxygen atoms in total. The van der Waals surface area contributed by atoms with Crippen molar-refractivity contribution in [3.05, 3.63) is 99.1 Å². The van der Waals surface area contributed by atoms with Crippen LogP contribution in [-0.4, -0.2) is 12.1 Å². The Kier molecular flexibility index (Phi) is 6.38. The number of halogens is 1. The second-order valence-corrected chi connectivity index (χ2v) is 6.69. The maximum Gasteiger partial charge on any atom is 0.272 e. The Morgan fingerprint density at radius 3 is 2.58 bits per heavy atom. The van der Waals surface area contributed by atoms with Crippen molar-refractivity contribution < 1.29 is 9.53 Å². The van der Waals surface area contributed by atoms with E-state index >= 15 is 0 Å². The smallest absolute Gasteiger partial charge is 0.272 e. The molecule has 0 fully saturated rings. The van der Waals surface area contributed by atoms with E-state index < -0.39 is 0 Å². The molecule has 3 aromatic carbocycles. The van der Waals surface area contributed by atoms with Crippen molar-refractivity contribution in [2.45, 2.75) is 6.61 Å². The molecule has 0 aliphatic heterocycles. The topological polar surface area (TPSA) is 50.7 Å². The van der Waals surface area contributed by atoms with Crippen LogP contribution in [0.4, 0.5) is 0 Å². The molecule has 3 rings (SSSR count). The summed E-state index contributed by atoms with van der Waals surface area (Å²) in [6.07, 6.45) is 1.60. The SMILES string of the molecule is O=C(N/N=C\c1cccc(OCc2ccccc2)c1)c1ccccc1I. The number of nitrogens with one attached hydrogen (secondary N) is 1. The normalized spacial score (nSPS) is 10.7. The van der Waals surface area contributed by atoms with Gasteiger partial charge in [0.2, 0.25) is 0 Å². The molecule has 0 aliphatic carbocycles. The summed E-state index contributed by atoms with van der Waals surface area (Å²) in [4.78, 5) is 12.1. The molecule has 0 unspecified atom stereocenters. The molecule has 0 radical (unpaired) electrons. The lowest BCUT2D eigenvalue weighted by Crippen LogP contribution is -2.18. The number of amides is 1. The molecule has 1 amide bonds. The predicted octanol–water partition coefficient (Wildman–Crippen LogP) is 4.63. The van der Waals surface area contributed by atoms with Gasteiger partial charge < -0.3 is 4.74 Å². The summed E-state index contributed by atoms with van der Waals surface area (Å²) in [6.45, 7) is 0.505. The lowest BCUT2D eigenvalue weighted by atomic mass is 10.2. The number of rotatable bonds is 6. The Hall–Kier alpha value is -2.67. The maximum absolute atomic E-state index is 12.1. The Labute approximate surface area is 166 Å². The minimum atomic E-state index is -0.234. The molecule has 5 heteroatoms. The zero-order chi connectivity index (χ0) is 18.2. The first-order valence-electron chi connectivity index (χ1n) is 8.07. The Morgan fingerprint density at radius 1 is 1.00 bits per heavy atom. The number of carbonyl (C=O) groups excluding carboxylic acids is 1. The monoisotopic (exact) mass is 456 g/mol. The van der Waals surface area contributed by atoms with Crippen LogP contribution in [0.25, 0.3) is 0 Å². The highest BCUT2D eigenvalue weighted by atomic mass is 127. The van der Waals surface area contributed by atoms with Crippen LogP contribution < -0.4 is 10.2 Å². The molecular weight excluding hydrogens is 439 g/mol. The van der Waals surface area contributed by atoms with Gasteiger partial charge in [0.05, 0.1) is 11.8 Å². The second-order valence-electron chi connectivity index (χ2n) is 5.53. The fraction of sp³-hybridized carbons (Fsp3) is 0.0476. The van der Waals surface area contributed by atoms with Crippen molar-refractivity contribution in [2.75, 3.05) is 0 Å². The van der Waals surface area contributed by atoms with Gasteiger partial charge in [0.25, 0.3) is 5.91 Å². The third-order valence-corrected chi connectivity index (χ3v) is 4.55. The van der Waals surface area contributed by atoms with Crippen LogP contribution in [0, 0.1) is 3.57 Å². The first-order valence-corrected chi connectivity index (χ1v) is 9.15. The van der Waals surface area contributed by atoms with E-state index in [9.17, 15) is 4.79 Å². The third-order valence-electron chi connectivity index (χ3n) is 3.60. The van der Waals surface area contributed by atoms with Crippen molar-refractivity contribution in [1.82, 2.24) is 5.43 Å². The first-order chi connectivity index (χ1) is 12.7. The number of benzene rings is 3. The van der Waals surface area contributed by atoms with Gasteiger partial charge in [-0.05, 0) is 58.0 Å². The molecule has 0 atom stereocenters. The largest absolute Gasteiger partial charge is 0.489 e. The fourth-order valence-corrected chi connectivity index (χ4v) is 2.93. The van der Waals surface area contributed by atoms with E-state index in [2.05, 4.69) is 33.1 Å². The second kappa shape index (κ2) is 9.15. The van der Waals surface area contributed by atoms with Crippen LogP contribution in [0.5, 0.6) is 5.75 Å². The van der Waals surface area contributed by atoms with Gasteiger partial charge in [0, 0.05) is 3.57 Å².